The van der Waals surface area contributed by atoms with Gasteiger partial charge < -0.3 is 21.3 Å². The normalized spacial score (nSPS) is 13.5. The highest BCUT2D eigenvalue weighted by molar-refractivity contribution is 5.94. The summed E-state index contributed by atoms with van der Waals surface area (Å²) in [7, 11) is 0. The molecule has 1 aliphatic carbocycles. The predicted octanol–water partition coefficient (Wildman–Crippen LogP) is 3.83. The summed E-state index contributed by atoms with van der Waals surface area (Å²) in [6.07, 6.45) is -2.42. The molecule has 1 aromatic carbocycles. The summed E-state index contributed by atoms with van der Waals surface area (Å²) in [5.74, 6) is -6.09. The van der Waals surface area contributed by atoms with Crippen molar-refractivity contribution in [1.82, 2.24) is 20.3 Å². The van der Waals surface area contributed by atoms with Crippen LogP contribution in [0.25, 0.3) is 22.5 Å². The minimum Gasteiger partial charge on any atom is -0.475 e. The molecule has 0 spiro atoms. The lowest BCUT2D eigenvalue weighted by Crippen LogP contribution is -2.38. The maximum atomic E-state index is 13.4. The van der Waals surface area contributed by atoms with Crippen molar-refractivity contribution in [3.05, 3.63) is 66.5 Å². The van der Waals surface area contributed by atoms with Crippen molar-refractivity contribution in [3.8, 4) is 22.5 Å². The summed E-state index contributed by atoms with van der Waals surface area (Å²) < 4.78 is 76.9. The lowest BCUT2D eigenvalue weighted by atomic mass is 10.1. The van der Waals surface area contributed by atoms with Crippen molar-refractivity contribution in [3.63, 3.8) is 0 Å². The first-order valence-electron chi connectivity index (χ1n) is 11.1. The van der Waals surface area contributed by atoms with E-state index in [1.165, 1.54) is 12.3 Å². The third kappa shape index (κ3) is 10.8. The van der Waals surface area contributed by atoms with Gasteiger partial charge in [0.05, 0.1) is 30.0 Å². The first kappa shape index (κ1) is 32.5. The van der Waals surface area contributed by atoms with Gasteiger partial charge in [0, 0.05) is 35.0 Å². The molecule has 2 aromatic heterocycles. The monoisotopic (exact) mass is 591 g/mol. The molecule has 0 unspecified atom stereocenters. The topological polar surface area (TPSA) is 168 Å². The Morgan fingerprint density at radius 1 is 0.829 bits per heavy atom. The molecule has 0 bridgehead atoms. The minimum atomic E-state index is -5.08. The van der Waals surface area contributed by atoms with Crippen LogP contribution in [-0.4, -0.2) is 67.4 Å². The van der Waals surface area contributed by atoms with E-state index in [0.717, 1.165) is 24.6 Å². The fourth-order valence-electron chi connectivity index (χ4n) is 2.68. The lowest BCUT2D eigenvalue weighted by Gasteiger charge is -2.10. The Hall–Kier alpha value is -4.67. The zero-order valence-electron chi connectivity index (χ0n) is 20.5. The quantitative estimate of drug-likeness (QED) is 0.322. The Labute approximate surface area is 226 Å². The average Bonchev–Trinajstić information content (AvgIpc) is 3.64. The molecule has 0 atom stereocenters. The second kappa shape index (κ2) is 13.1. The largest absolute Gasteiger partial charge is 0.490 e. The van der Waals surface area contributed by atoms with E-state index in [2.05, 4.69) is 20.3 Å². The maximum absolute atomic E-state index is 13.4. The molecular formula is C24H20F7N5O5. The van der Waals surface area contributed by atoms with Crippen molar-refractivity contribution < 1.29 is 55.3 Å². The Morgan fingerprint density at radius 3 is 1.73 bits per heavy atom. The summed E-state index contributed by atoms with van der Waals surface area (Å²) in [4.78, 5) is 42.5. The fourth-order valence-corrected chi connectivity index (χ4v) is 2.68. The summed E-state index contributed by atoms with van der Waals surface area (Å²) in [6.45, 7) is 0.489. The number of benzene rings is 1. The van der Waals surface area contributed by atoms with Crippen LogP contribution in [0.15, 0.2) is 55.1 Å². The first-order valence-corrected chi connectivity index (χ1v) is 11.1. The van der Waals surface area contributed by atoms with Gasteiger partial charge in [-0.1, -0.05) is 12.1 Å². The molecule has 0 aliphatic heterocycles. The van der Waals surface area contributed by atoms with E-state index in [4.69, 9.17) is 25.5 Å². The molecule has 5 N–H and O–H groups in total. The van der Waals surface area contributed by atoms with Gasteiger partial charge in [-0.25, -0.2) is 19.0 Å². The Bertz CT molecular complexity index is 1350. The van der Waals surface area contributed by atoms with Gasteiger partial charge in [-0.3, -0.25) is 14.8 Å². The minimum absolute atomic E-state index is 0.149. The number of carbonyl (C=O) groups is 3. The van der Waals surface area contributed by atoms with Gasteiger partial charge in [-0.2, -0.15) is 26.3 Å². The third-order valence-corrected chi connectivity index (χ3v) is 5.06. The molecule has 1 amide bonds. The van der Waals surface area contributed by atoms with Crippen molar-refractivity contribution >= 4 is 17.8 Å². The number of rotatable bonds is 5. The second-order valence-electron chi connectivity index (χ2n) is 8.41. The van der Waals surface area contributed by atoms with Gasteiger partial charge >= 0.3 is 24.3 Å². The summed E-state index contributed by atoms with van der Waals surface area (Å²) in [5, 5.41) is 17.1. The van der Waals surface area contributed by atoms with Crippen LogP contribution in [-0.2, 0) is 9.59 Å². The number of halogens is 7. The van der Waals surface area contributed by atoms with Crippen molar-refractivity contribution in [2.45, 2.75) is 30.7 Å². The number of nitrogens with two attached hydrogens (primary N) is 1. The number of nitrogens with zero attached hydrogens (tertiary/aromatic N) is 3. The number of carboxylic acid groups (broad SMARTS) is 2. The van der Waals surface area contributed by atoms with Crippen LogP contribution in [0.3, 0.4) is 0 Å². The molecule has 1 fully saturated rings. The number of aromatic nitrogens is 3. The third-order valence-electron chi connectivity index (χ3n) is 5.06. The van der Waals surface area contributed by atoms with Crippen LogP contribution in [0.5, 0.6) is 0 Å². The molecule has 1 aliphatic rings. The van der Waals surface area contributed by atoms with Gasteiger partial charge in [-0.15, -0.1) is 0 Å². The molecule has 1 saturated carbocycles. The molecule has 3 aromatic rings. The van der Waals surface area contributed by atoms with E-state index in [-0.39, 0.29) is 11.4 Å². The SMILES string of the molecule is NC1(CNC(=O)c2ccc(-c3cncc(-c4cncc(F)c4)n3)cc2)CC1.O=C(O)C(F)(F)F.O=C(O)C(F)(F)F. The Kier molecular flexibility index (Phi) is 10.4. The van der Waals surface area contributed by atoms with E-state index in [9.17, 15) is 35.5 Å². The first-order chi connectivity index (χ1) is 18.9. The maximum Gasteiger partial charge on any atom is 0.490 e. The van der Waals surface area contributed by atoms with E-state index in [1.807, 2.05) is 12.1 Å². The van der Waals surface area contributed by atoms with Crippen LogP contribution in [0.4, 0.5) is 30.7 Å². The molecule has 0 saturated heterocycles. The number of hydrogen-bond acceptors (Lipinski definition) is 7. The second-order valence-corrected chi connectivity index (χ2v) is 8.41. The molecular weight excluding hydrogens is 571 g/mol. The van der Waals surface area contributed by atoms with Crippen molar-refractivity contribution in [1.29, 1.82) is 0 Å². The average molecular weight is 591 g/mol. The van der Waals surface area contributed by atoms with Crippen LogP contribution in [0.2, 0.25) is 0 Å². The van der Waals surface area contributed by atoms with Crippen LogP contribution in [0.1, 0.15) is 23.2 Å². The molecule has 220 valence electrons. The standard InChI is InChI=1S/C20H18FN5O.2C2HF3O2/c21-16-7-15(8-23-9-16)18-11-24-10-17(26-18)13-1-3-14(4-2-13)19(27)25-12-20(22)5-6-20;2*3-2(4,5)1(6)7/h1-4,7-11H,5-6,12,22H2,(H,25,27);2*(H,6,7). The number of amides is 1. The number of carbonyl (C=O) groups excluding carboxylic acids is 1. The zero-order chi connectivity index (χ0) is 31.0. The van der Waals surface area contributed by atoms with Gasteiger partial charge in [-0.05, 0) is 31.0 Å². The zero-order valence-corrected chi connectivity index (χ0v) is 20.5. The molecule has 4 rings (SSSR count). The molecule has 2 heterocycles. The summed E-state index contributed by atoms with van der Waals surface area (Å²) in [5.41, 5.74) is 8.83. The van der Waals surface area contributed by atoms with E-state index in [1.54, 1.807) is 24.5 Å². The van der Waals surface area contributed by atoms with E-state index < -0.39 is 30.1 Å². The predicted molar refractivity (Wildman–Crippen MR) is 127 cm³/mol. The van der Waals surface area contributed by atoms with Gasteiger partial charge in [0.25, 0.3) is 5.91 Å². The van der Waals surface area contributed by atoms with Gasteiger partial charge in [0.2, 0.25) is 0 Å². The number of pyridine rings is 1. The van der Waals surface area contributed by atoms with Crippen molar-refractivity contribution in [2.75, 3.05) is 6.54 Å². The van der Waals surface area contributed by atoms with Gasteiger partial charge in [0.1, 0.15) is 5.82 Å². The van der Waals surface area contributed by atoms with Gasteiger partial charge in [0.15, 0.2) is 0 Å². The molecule has 0 radical (unpaired) electrons. The van der Waals surface area contributed by atoms with E-state index >= 15 is 0 Å². The highest BCUT2D eigenvalue weighted by atomic mass is 19.4. The summed E-state index contributed by atoms with van der Waals surface area (Å²) >= 11 is 0. The van der Waals surface area contributed by atoms with Crippen LogP contribution >= 0.6 is 0 Å². The number of aliphatic carboxylic acids is 2. The summed E-state index contributed by atoms with van der Waals surface area (Å²) in [6, 6.07) is 8.44. The number of hydrogen-bond donors (Lipinski definition) is 4. The number of alkyl halides is 6. The Balaban J connectivity index is 0.000000349. The molecule has 41 heavy (non-hydrogen) atoms. The molecule has 17 heteroatoms. The highest BCUT2D eigenvalue weighted by Crippen LogP contribution is 2.31. The number of carboxylic acids is 2. The lowest BCUT2D eigenvalue weighted by molar-refractivity contribution is -0.193. The highest BCUT2D eigenvalue weighted by Gasteiger charge is 2.39. The Morgan fingerprint density at radius 2 is 1.29 bits per heavy atom. The number of nitrogens with one attached hydrogen (secondary N) is 1. The van der Waals surface area contributed by atoms with Crippen molar-refractivity contribution in [2.24, 2.45) is 5.73 Å². The fraction of sp³-hybridized carbons (Fsp3) is 0.250. The van der Waals surface area contributed by atoms with E-state index in [0.29, 0.717) is 29.1 Å². The van der Waals surface area contributed by atoms with Crippen LogP contribution < -0.4 is 11.1 Å². The smallest absolute Gasteiger partial charge is 0.475 e. The van der Waals surface area contributed by atoms with Crippen LogP contribution in [0, 0.1) is 5.82 Å². The molecule has 10 nitrogen and oxygen atoms in total.